The number of rotatable bonds is 4. The number of carboxylic acid groups (broad SMARTS) is 2. The van der Waals surface area contributed by atoms with Crippen molar-refractivity contribution in [3.63, 3.8) is 0 Å². The van der Waals surface area contributed by atoms with Gasteiger partial charge in [0.1, 0.15) is 12.1 Å². The highest BCUT2D eigenvalue weighted by Crippen LogP contribution is 2.13. The van der Waals surface area contributed by atoms with E-state index in [9.17, 15) is 9.59 Å². The monoisotopic (exact) mass is 296 g/mol. The van der Waals surface area contributed by atoms with E-state index in [1.54, 1.807) is 0 Å². The van der Waals surface area contributed by atoms with E-state index in [4.69, 9.17) is 21.2 Å². The molecule has 7 nitrogen and oxygen atoms in total. The molecule has 2 rings (SSSR count). The van der Waals surface area contributed by atoms with Gasteiger partial charge in [-0.25, -0.2) is 0 Å². The second-order valence-electron chi connectivity index (χ2n) is 4.79. The van der Waals surface area contributed by atoms with Gasteiger partial charge in [0.05, 0.1) is 0 Å². The first-order valence-corrected chi connectivity index (χ1v) is 6.62. The summed E-state index contributed by atoms with van der Waals surface area (Å²) in [6.07, 6.45) is 1.72. The molecule has 5 N–H and O–H groups in total. The maximum atomic E-state index is 10.4. The first-order valence-electron chi connectivity index (χ1n) is 6.62. The van der Waals surface area contributed by atoms with Crippen molar-refractivity contribution in [1.82, 2.24) is 5.06 Å². The lowest BCUT2D eigenvalue weighted by molar-refractivity contribution is -0.161. The van der Waals surface area contributed by atoms with Gasteiger partial charge >= 0.3 is 11.9 Å². The molecule has 0 spiro atoms. The molecule has 1 aliphatic heterocycles. The van der Waals surface area contributed by atoms with Crippen LogP contribution in [0.4, 0.5) is 0 Å². The molecule has 1 aliphatic rings. The summed E-state index contributed by atoms with van der Waals surface area (Å²) >= 11 is 0. The van der Waals surface area contributed by atoms with Crippen LogP contribution in [0.15, 0.2) is 30.3 Å². The Morgan fingerprint density at radius 1 is 1.29 bits per heavy atom. The molecule has 1 fully saturated rings. The van der Waals surface area contributed by atoms with Gasteiger partial charge in [0, 0.05) is 6.54 Å². The third kappa shape index (κ3) is 5.90. The largest absolute Gasteiger partial charge is 0.480 e. The smallest absolute Gasteiger partial charge is 0.323 e. The fourth-order valence-electron chi connectivity index (χ4n) is 1.96. The lowest BCUT2D eigenvalue weighted by Gasteiger charge is -2.11. The third-order valence-electron chi connectivity index (χ3n) is 3.13. The van der Waals surface area contributed by atoms with E-state index in [0.717, 1.165) is 17.0 Å². The SMILES string of the molecule is NC(Cc1ccccc1)C(=O)O.O=C(O)C1CCCN1O. The first kappa shape index (κ1) is 17.1. The van der Waals surface area contributed by atoms with Gasteiger partial charge in [-0.15, -0.1) is 0 Å². The van der Waals surface area contributed by atoms with Gasteiger partial charge in [-0.05, 0) is 24.8 Å². The number of nitrogens with two attached hydrogens (primary N) is 1. The first-order chi connectivity index (χ1) is 9.91. The highest BCUT2D eigenvalue weighted by Gasteiger charge is 2.28. The number of hydrogen-bond donors (Lipinski definition) is 4. The van der Waals surface area contributed by atoms with E-state index in [1.807, 2.05) is 30.3 Å². The molecule has 0 radical (unpaired) electrons. The second-order valence-corrected chi connectivity index (χ2v) is 4.79. The van der Waals surface area contributed by atoms with E-state index in [2.05, 4.69) is 0 Å². The molecule has 0 bridgehead atoms. The number of carbonyl (C=O) groups is 2. The molecular formula is C14H20N2O5. The van der Waals surface area contributed by atoms with Crippen molar-refractivity contribution in [3.8, 4) is 0 Å². The van der Waals surface area contributed by atoms with E-state index < -0.39 is 24.0 Å². The second kappa shape index (κ2) is 8.35. The van der Waals surface area contributed by atoms with Crippen LogP contribution in [-0.4, -0.2) is 51.1 Å². The average molecular weight is 296 g/mol. The molecule has 2 atom stereocenters. The summed E-state index contributed by atoms with van der Waals surface area (Å²) in [5.41, 5.74) is 6.30. The quantitative estimate of drug-likeness (QED) is 0.640. The van der Waals surface area contributed by atoms with E-state index in [0.29, 0.717) is 19.4 Å². The summed E-state index contributed by atoms with van der Waals surface area (Å²) in [6.45, 7) is 0.483. The van der Waals surface area contributed by atoms with Crippen molar-refractivity contribution >= 4 is 11.9 Å². The van der Waals surface area contributed by atoms with Gasteiger partial charge < -0.3 is 21.2 Å². The number of aliphatic carboxylic acids is 2. The minimum atomic E-state index is -0.959. The van der Waals surface area contributed by atoms with Gasteiger partial charge in [0.2, 0.25) is 0 Å². The predicted molar refractivity (Wildman–Crippen MR) is 74.9 cm³/mol. The van der Waals surface area contributed by atoms with Gasteiger partial charge in [-0.2, -0.15) is 5.06 Å². The minimum Gasteiger partial charge on any atom is -0.480 e. The van der Waals surface area contributed by atoms with Crippen molar-refractivity contribution in [2.24, 2.45) is 5.73 Å². The highest BCUT2D eigenvalue weighted by atomic mass is 16.5. The van der Waals surface area contributed by atoms with E-state index in [1.165, 1.54) is 0 Å². The Hall–Kier alpha value is -1.96. The Morgan fingerprint density at radius 2 is 1.90 bits per heavy atom. The molecule has 1 aromatic rings. The zero-order valence-corrected chi connectivity index (χ0v) is 11.6. The Balaban J connectivity index is 0.000000219. The third-order valence-corrected chi connectivity index (χ3v) is 3.13. The van der Waals surface area contributed by atoms with Gasteiger partial charge in [0.25, 0.3) is 0 Å². The molecule has 2 unspecified atom stereocenters. The van der Waals surface area contributed by atoms with Crippen LogP contribution in [0.5, 0.6) is 0 Å². The Morgan fingerprint density at radius 3 is 2.29 bits per heavy atom. The van der Waals surface area contributed by atoms with Crippen LogP contribution in [-0.2, 0) is 16.0 Å². The van der Waals surface area contributed by atoms with Gasteiger partial charge in [-0.1, -0.05) is 30.3 Å². The molecule has 1 saturated heterocycles. The van der Waals surface area contributed by atoms with Crippen molar-refractivity contribution in [3.05, 3.63) is 35.9 Å². The van der Waals surface area contributed by atoms with Crippen LogP contribution in [0.2, 0.25) is 0 Å². The van der Waals surface area contributed by atoms with Crippen LogP contribution in [0.3, 0.4) is 0 Å². The highest BCUT2D eigenvalue weighted by molar-refractivity contribution is 5.73. The standard InChI is InChI=1S/C9H11NO2.C5H9NO3/c10-8(9(11)12)6-7-4-2-1-3-5-7;7-5(8)4-2-1-3-6(4)9/h1-5,8H,6,10H2,(H,11,12);4,9H,1-3H2,(H,7,8). The van der Waals surface area contributed by atoms with Crippen LogP contribution in [0.1, 0.15) is 18.4 Å². The number of nitrogens with zero attached hydrogens (tertiary/aromatic N) is 1. The summed E-state index contributed by atoms with van der Waals surface area (Å²) in [5.74, 6) is -1.89. The van der Waals surface area contributed by atoms with Crippen LogP contribution in [0.25, 0.3) is 0 Å². The van der Waals surface area contributed by atoms with Gasteiger partial charge in [0.15, 0.2) is 0 Å². The normalized spacial score (nSPS) is 19.4. The summed E-state index contributed by atoms with van der Waals surface area (Å²) in [6, 6.07) is 7.88. The van der Waals surface area contributed by atoms with Crippen LogP contribution >= 0.6 is 0 Å². The summed E-state index contributed by atoms with van der Waals surface area (Å²) < 4.78 is 0. The summed E-state index contributed by atoms with van der Waals surface area (Å²) in [7, 11) is 0. The van der Waals surface area contributed by atoms with Gasteiger partial charge in [-0.3, -0.25) is 9.59 Å². The molecule has 7 heteroatoms. The van der Waals surface area contributed by atoms with Crippen molar-refractivity contribution in [1.29, 1.82) is 0 Å². The Bertz CT molecular complexity index is 466. The van der Waals surface area contributed by atoms with Crippen molar-refractivity contribution < 1.29 is 25.0 Å². The maximum absolute atomic E-state index is 10.4. The zero-order chi connectivity index (χ0) is 15.8. The fourth-order valence-corrected chi connectivity index (χ4v) is 1.96. The molecule has 0 amide bonds. The fraction of sp³-hybridized carbons (Fsp3) is 0.429. The average Bonchev–Trinajstić information content (AvgIpc) is 2.87. The molecule has 0 saturated carbocycles. The topological polar surface area (TPSA) is 124 Å². The molecule has 0 aromatic heterocycles. The number of carboxylic acids is 2. The lowest BCUT2D eigenvalue weighted by Crippen LogP contribution is -2.32. The maximum Gasteiger partial charge on any atom is 0.323 e. The molecule has 116 valence electrons. The summed E-state index contributed by atoms with van der Waals surface area (Å²) in [5, 5.41) is 26.6. The Kier molecular flexibility index (Phi) is 6.80. The molecule has 0 aliphatic carbocycles. The number of hydroxylamine groups is 2. The predicted octanol–water partition coefficient (Wildman–Crippen LogP) is 0.566. The van der Waals surface area contributed by atoms with Crippen molar-refractivity contribution in [2.75, 3.05) is 6.54 Å². The molecular weight excluding hydrogens is 276 g/mol. The Labute approximate surface area is 122 Å². The summed E-state index contributed by atoms with van der Waals surface area (Å²) in [4.78, 5) is 20.6. The van der Waals surface area contributed by atoms with Crippen LogP contribution < -0.4 is 5.73 Å². The molecule has 21 heavy (non-hydrogen) atoms. The minimum absolute atomic E-state index is 0.385. The lowest BCUT2D eigenvalue weighted by atomic mass is 10.1. The molecule has 1 aromatic carbocycles. The van der Waals surface area contributed by atoms with Crippen LogP contribution in [0, 0.1) is 0 Å². The zero-order valence-electron chi connectivity index (χ0n) is 11.6. The number of hydrogen-bond acceptors (Lipinski definition) is 5. The van der Waals surface area contributed by atoms with E-state index in [-0.39, 0.29) is 0 Å². The van der Waals surface area contributed by atoms with E-state index >= 15 is 0 Å². The van der Waals surface area contributed by atoms with Crippen molar-refractivity contribution in [2.45, 2.75) is 31.3 Å². The molecule has 1 heterocycles. The number of benzene rings is 1.